The van der Waals surface area contributed by atoms with Gasteiger partial charge in [-0.1, -0.05) is 74.0 Å². The second-order valence-corrected chi connectivity index (χ2v) is 19.7. The number of ether oxygens (including phenoxy) is 3. The van der Waals surface area contributed by atoms with Gasteiger partial charge in [-0.2, -0.15) is 0 Å². The number of aliphatic hydroxyl groups excluding tert-OH is 2. The van der Waals surface area contributed by atoms with Crippen molar-refractivity contribution in [3.05, 3.63) is 113 Å². The van der Waals surface area contributed by atoms with Crippen LogP contribution in [0.1, 0.15) is 132 Å². The molecule has 3 aliphatic carbocycles. The number of carbonyl (C=O) groups excluding carboxylic acids is 1. The summed E-state index contributed by atoms with van der Waals surface area (Å²) in [4.78, 5) is 23.4. The maximum absolute atomic E-state index is 15.2. The van der Waals surface area contributed by atoms with E-state index in [4.69, 9.17) is 24.2 Å². The molecule has 0 bridgehead atoms. The molecular formula is C54H71FN2O7. The minimum atomic E-state index is -1.40. The Morgan fingerprint density at radius 1 is 0.938 bits per heavy atom. The van der Waals surface area contributed by atoms with Crippen molar-refractivity contribution in [3.63, 3.8) is 0 Å². The molecule has 9 nitrogen and oxygen atoms in total. The molecule has 10 heteroatoms. The van der Waals surface area contributed by atoms with Crippen LogP contribution >= 0.6 is 0 Å². The summed E-state index contributed by atoms with van der Waals surface area (Å²) in [5.74, 6) is 0.358. The van der Waals surface area contributed by atoms with E-state index in [1.807, 2.05) is 43.9 Å². The number of carbonyl (C=O) groups is 1. The van der Waals surface area contributed by atoms with E-state index in [0.29, 0.717) is 43.1 Å². The highest BCUT2D eigenvalue weighted by Crippen LogP contribution is 2.62. The van der Waals surface area contributed by atoms with Crippen molar-refractivity contribution >= 4 is 11.6 Å². The minimum absolute atomic E-state index is 0.00778. The van der Waals surface area contributed by atoms with E-state index in [1.54, 1.807) is 18.2 Å². The first-order chi connectivity index (χ1) is 30.8. The molecule has 3 aromatic carbocycles. The number of aryl methyl sites for hydroxylation is 2. The quantitative estimate of drug-likeness (QED) is 0.0661. The van der Waals surface area contributed by atoms with Gasteiger partial charge in [0.05, 0.1) is 18.2 Å². The standard InChI is InChI=1S/C54H71FN2O7/c1-7-30-61-54-49(57(35-39-19-22-41(55)23-20-39)50(60)27-21-38-14-8-9-15-38)34-47(56-64-53(4,5)6)45-32-40(16-10-12-28-58)44(17-11-13-29-59)51(52(45)54)46-33-43(25-26-48(46)63-54)62-42-24-18-36(2)37(3)31-42/h7,18-20,22-26,31-33,38,40,44,49,51-52,58-59H,1,8-17,21,27-30,34-35H2,2-6H3. The molecule has 0 aromatic heterocycles. The first kappa shape index (κ1) is 47.5. The van der Waals surface area contributed by atoms with Gasteiger partial charge in [0.2, 0.25) is 11.7 Å². The largest absolute Gasteiger partial charge is 0.459 e. The number of amides is 1. The predicted molar refractivity (Wildman–Crippen MR) is 250 cm³/mol. The van der Waals surface area contributed by atoms with Crippen LogP contribution in [0, 0.1) is 43.3 Å². The maximum atomic E-state index is 15.2. The zero-order valence-corrected chi connectivity index (χ0v) is 38.8. The number of nitrogens with zero attached hydrogens (tertiary/aromatic N) is 2. The minimum Gasteiger partial charge on any atom is -0.459 e. The number of aliphatic hydroxyl groups is 2. The zero-order valence-electron chi connectivity index (χ0n) is 38.8. The molecule has 6 atom stereocenters. The lowest BCUT2D eigenvalue weighted by Gasteiger charge is -2.60. The smallest absolute Gasteiger partial charge is 0.239 e. The molecule has 6 unspecified atom stereocenters. The van der Waals surface area contributed by atoms with E-state index < -0.39 is 23.3 Å². The summed E-state index contributed by atoms with van der Waals surface area (Å²) >= 11 is 0. The fourth-order valence-electron chi connectivity index (χ4n) is 10.7. The Bertz CT molecular complexity index is 2120. The van der Waals surface area contributed by atoms with E-state index in [2.05, 4.69) is 44.7 Å². The van der Waals surface area contributed by atoms with Gasteiger partial charge in [-0.05, 0) is 149 Å². The predicted octanol–water partition coefficient (Wildman–Crippen LogP) is 11.7. The molecule has 0 spiro atoms. The Labute approximate surface area is 380 Å². The Hall–Kier alpha value is -4.51. The first-order valence-electron chi connectivity index (χ1n) is 23.9. The maximum Gasteiger partial charge on any atom is 0.239 e. The van der Waals surface area contributed by atoms with E-state index in [1.165, 1.54) is 30.5 Å². The van der Waals surface area contributed by atoms with Crippen LogP contribution < -0.4 is 9.47 Å². The molecule has 3 aromatic rings. The van der Waals surface area contributed by atoms with Gasteiger partial charge in [0, 0.05) is 44.1 Å². The zero-order chi connectivity index (χ0) is 45.4. The summed E-state index contributed by atoms with van der Waals surface area (Å²) in [5.41, 5.74) is 5.25. The van der Waals surface area contributed by atoms with Crippen molar-refractivity contribution < 1.29 is 38.4 Å². The number of hydrogen-bond donors (Lipinski definition) is 2. The molecule has 7 rings (SSSR count). The number of benzene rings is 3. The van der Waals surface area contributed by atoms with Gasteiger partial charge in [0.1, 0.15) is 34.7 Å². The average Bonchev–Trinajstić information content (AvgIpc) is 3.80. The van der Waals surface area contributed by atoms with Gasteiger partial charge in [-0.3, -0.25) is 4.79 Å². The van der Waals surface area contributed by atoms with Gasteiger partial charge in [0.15, 0.2) is 0 Å². The van der Waals surface area contributed by atoms with Crippen LogP contribution in [0.3, 0.4) is 0 Å². The molecule has 2 N–H and O–H groups in total. The van der Waals surface area contributed by atoms with Gasteiger partial charge in [-0.15, -0.1) is 6.58 Å². The average molecular weight is 879 g/mol. The second kappa shape index (κ2) is 21.2. The Morgan fingerprint density at radius 2 is 1.64 bits per heavy atom. The molecule has 2 saturated carbocycles. The highest BCUT2D eigenvalue weighted by Gasteiger charge is 2.65. The van der Waals surface area contributed by atoms with Crippen LogP contribution in [-0.2, 0) is 20.9 Å². The number of unbranched alkanes of at least 4 members (excludes halogenated alkanes) is 2. The van der Waals surface area contributed by atoms with Crippen LogP contribution in [0.25, 0.3) is 0 Å². The normalized spacial score (nSPS) is 24.7. The third-order valence-electron chi connectivity index (χ3n) is 14.0. The molecule has 64 heavy (non-hydrogen) atoms. The SMILES string of the molecule is C=CCOC12Oc3ccc(Oc4ccc(C)c(C)c4)cc3C3C(CCCCO)C(CCCCO)C=C(C(=NOC(C)(C)C)CC1N(Cc1ccc(F)cc1)C(=O)CCC1CCCC1)C32. The number of fused-ring (bicyclic) bond motifs is 2. The molecular weight excluding hydrogens is 808 g/mol. The van der Waals surface area contributed by atoms with E-state index in [0.717, 1.165) is 78.7 Å². The van der Waals surface area contributed by atoms with Crippen molar-refractivity contribution in [2.75, 3.05) is 19.8 Å². The van der Waals surface area contributed by atoms with E-state index in [-0.39, 0.29) is 55.8 Å². The number of oxime groups is 1. The summed E-state index contributed by atoms with van der Waals surface area (Å²) in [7, 11) is 0. The lowest BCUT2D eigenvalue weighted by molar-refractivity contribution is -0.258. The molecule has 0 saturated heterocycles. The Balaban J connectivity index is 1.45. The number of hydrogen-bond acceptors (Lipinski definition) is 8. The number of halogens is 1. The molecule has 1 heterocycles. The lowest BCUT2D eigenvalue weighted by Crippen LogP contribution is -2.70. The van der Waals surface area contributed by atoms with Crippen molar-refractivity contribution in [1.82, 2.24) is 4.90 Å². The number of rotatable bonds is 20. The summed E-state index contributed by atoms with van der Waals surface area (Å²) in [6.07, 6.45) is 14.9. The first-order valence-corrected chi connectivity index (χ1v) is 23.9. The summed E-state index contributed by atoms with van der Waals surface area (Å²) in [5, 5.41) is 25.0. The Kier molecular flexibility index (Phi) is 15.7. The van der Waals surface area contributed by atoms with Gasteiger partial charge >= 0.3 is 0 Å². The lowest BCUT2D eigenvalue weighted by atomic mass is 9.55. The molecule has 1 amide bonds. The van der Waals surface area contributed by atoms with Crippen LogP contribution in [0.15, 0.2) is 90.1 Å². The molecule has 0 radical (unpaired) electrons. The molecule has 4 aliphatic rings. The van der Waals surface area contributed by atoms with E-state index >= 15 is 4.79 Å². The molecule has 2 fully saturated rings. The van der Waals surface area contributed by atoms with Crippen molar-refractivity contribution in [3.8, 4) is 17.2 Å². The van der Waals surface area contributed by atoms with Crippen LogP contribution in [-0.4, -0.2) is 64.0 Å². The fraction of sp³-hybridized carbons (Fsp3) is 0.556. The summed E-state index contributed by atoms with van der Waals surface area (Å²) in [6.45, 7) is 14.8. The highest BCUT2D eigenvalue weighted by molar-refractivity contribution is 6.03. The van der Waals surface area contributed by atoms with E-state index in [9.17, 15) is 14.6 Å². The van der Waals surface area contributed by atoms with Crippen LogP contribution in [0.4, 0.5) is 4.39 Å². The fourth-order valence-corrected chi connectivity index (χ4v) is 10.7. The number of allylic oxidation sites excluding steroid dienone is 1. The monoisotopic (exact) mass is 879 g/mol. The van der Waals surface area contributed by atoms with Crippen LogP contribution in [0.2, 0.25) is 0 Å². The molecule has 346 valence electrons. The van der Waals surface area contributed by atoms with Crippen molar-refractivity contribution in [1.29, 1.82) is 0 Å². The van der Waals surface area contributed by atoms with Crippen molar-refractivity contribution in [2.24, 2.45) is 28.8 Å². The third-order valence-corrected chi connectivity index (χ3v) is 14.0. The summed E-state index contributed by atoms with van der Waals surface area (Å²) in [6, 6.07) is 17.9. The third kappa shape index (κ3) is 10.9. The van der Waals surface area contributed by atoms with Crippen LogP contribution in [0.5, 0.6) is 17.2 Å². The van der Waals surface area contributed by atoms with Gasteiger partial charge in [0.25, 0.3) is 0 Å². The summed E-state index contributed by atoms with van der Waals surface area (Å²) < 4.78 is 35.7. The van der Waals surface area contributed by atoms with Crippen molar-refractivity contribution in [2.45, 2.75) is 148 Å². The highest BCUT2D eigenvalue weighted by atomic mass is 19.1. The topological polar surface area (TPSA) is 110 Å². The molecule has 1 aliphatic heterocycles. The Morgan fingerprint density at radius 3 is 2.33 bits per heavy atom. The van der Waals surface area contributed by atoms with Gasteiger partial charge < -0.3 is 34.2 Å². The van der Waals surface area contributed by atoms with Gasteiger partial charge in [-0.25, -0.2) is 4.39 Å². The second-order valence-electron chi connectivity index (χ2n) is 19.7.